The van der Waals surface area contributed by atoms with Crippen LogP contribution in [0.3, 0.4) is 0 Å². The molecule has 3 aromatic rings. The predicted octanol–water partition coefficient (Wildman–Crippen LogP) is 3.86. The Morgan fingerprint density at radius 2 is 1.85 bits per heavy atom. The van der Waals surface area contributed by atoms with Crippen LogP contribution in [-0.2, 0) is 27.4 Å². The number of carboxylic acid groups (broad SMARTS) is 1. The summed E-state index contributed by atoms with van der Waals surface area (Å²) in [5.41, 5.74) is 2.23. The zero-order chi connectivity index (χ0) is 27.1. The Labute approximate surface area is 230 Å². The number of aromatic nitrogens is 3. The van der Waals surface area contributed by atoms with E-state index in [0.29, 0.717) is 73.0 Å². The van der Waals surface area contributed by atoms with Crippen molar-refractivity contribution in [1.82, 2.24) is 24.4 Å². The molecular formula is C28H30ClN5O5. The van der Waals surface area contributed by atoms with Crippen molar-refractivity contribution in [2.75, 3.05) is 13.1 Å². The van der Waals surface area contributed by atoms with E-state index >= 15 is 0 Å². The Kier molecular flexibility index (Phi) is 6.88. The number of hydrogen-bond donors (Lipinski definition) is 1. The Hall–Kier alpha value is -3.66. The summed E-state index contributed by atoms with van der Waals surface area (Å²) in [6.07, 6.45) is 5.33. The van der Waals surface area contributed by atoms with Gasteiger partial charge in [-0.2, -0.15) is 0 Å². The van der Waals surface area contributed by atoms with Gasteiger partial charge in [-0.1, -0.05) is 30.5 Å². The van der Waals surface area contributed by atoms with E-state index in [-0.39, 0.29) is 18.4 Å². The molecular weight excluding hydrogens is 522 g/mol. The van der Waals surface area contributed by atoms with E-state index < -0.39 is 24.0 Å². The zero-order valence-electron chi connectivity index (χ0n) is 21.5. The molecule has 1 saturated carbocycles. The second-order valence-corrected chi connectivity index (χ2v) is 10.9. The summed E-state index contributed by atoms with van der Waals surface area (Å²) < 4.78 is 8.16. The first-order valence-electron chi connectivity index (χ1n) is 13.5. The molecule has 204 valence electrons. The van der Waals surface area contributed by atoms with Gasteiger partial charge >= 0.3 is 5.97 Å². The van der Waals surface area contributed by atoms with Crippen LogP contribution in [0.1, 0.15) is 61.6 Å². The molecule has 2 aliphatic heterocycles. The molecule has 3 aliphatic rings. The van der Waals surface area contributed by atoms with E-state index in [2.05, 4.69) is 10.2 Å². The van der Waals surface area contributed by atoms with E-state index in [1.54, 1.807) is 21.9 Å². The van der Waals surface area contributed by atoms with E-state index in [1.807, 2.05) is 28.8 Å². The van der Waals surface area contributed by atoms with Gasteiger partial charge in [-0.3, -0.25) is 18.8 Å². The van der Waals surface area contributed by atoms with E-state index in [1.165, 1.54) is 0 Å². The molecule has 0 bridgehead atoms. The number of ether oxygens (including phenoxy) is 1. The van der Waals surface area contributed by atoms with Crippen LogP contribution in [0.2, 0.25) is 5.02 Å². The topological polar surface area (TPSA) is 117 Å². The average molecular weight is 552 g/mol. The highest BCUT2D eigenvalue weighted by atomic mass is 35.5. The van der Waals surface area contributed by atoms with Crippen LogP contribution in [0.5, 0.6) is 5.75 Å². The number of carbonyl (C=O) groups excluding carboxylic acids is 2. The number of likely N-dealkylation sites (tertiary alicyclic amines) is 1. The number of carboxylic acids is 1. The van der Waals surface area contributed by atoms with Gasteiger partial charge in [0.25, 0.3) is 0 Å². The van der Waals surface area contributed by atoms with Crippen LogP contribution in [0.4, 0.5) is 0 Å². The first-order chi connectivity index (χ1) is 18.9. The lowest BCUT2D eigenvalue weighted by Crippen LogP contribution is -2.52. The minimum absolute atomic E-state index is 0.0431. The largest absolute Gasteiger partial charge is 0.485 e. The average Bonchev–Trinajstić information content (AvgIpc) is 3.57. The van der Waals surface area contributed by atoms with Gasteiger partial charge in [0.15, 0.2) is 11.5 Å². The summed E-state index contributed by atoms with van der Waals surface area (Å²) in [4.78, 5) is 42.6. The Balaban J connectivity index is 1.39. The SMILES string of the molecule is O=C(O)C1CCCCC1C(=O)N1CCc2c(Cl)ccc(OCc3nnc4ccccn34)c2C1N1CCCC1=O. The maximum Gasteiger partial charge on any atom is 0.307 e. The summed E-state index contributed by atoms with van der Waals surface area (Å²) >= 11 is 6.67. The van der Waals surface area contributed by atoms with Crippen molar-refractivity contribution in [3.63, 3.8) is 0 Å². The quantitative estimate of drug-likeness (QED) is 0.494. The summed E-state index contributed by atoms with van der Waals surface area (Å²) in [6, 6.07) is 9.17. The molecule has 2 fully saturated rings. The summed E-state index contributed by atoms with van der Waals surface area (Å²) in [6.45, 7) is 0.971. The number of hydrogen-bond acceptors (Lipinski definition) is 6. The van der Waals surface area contributed by atoms with Gasteiger partial charge in [0, 0.05) is 36.3 Å². The molecule has 2 amide bonds. The maximum absolute atomic E-state index is 14.1. The van der Waals surface area contributed by atoms with E-state index in [4.69, 9.17) is 16.3 Å². The lowest BCUT2D eigenvalue weighted by Gasteiger charge is -2.45. The molecule has 3 unspecified atom stereocenters. The first-order valence-corrected chi connectivity index (χ1v) is 13.9. The monoisotopic (exact) mass is 551 g/mol. The smallest absolute Gasteiger partial charge is 0.307 e. The van der Waals surface area contributed by atoms with Crippen LogP contribution in [0, 0.1) is 11.8 Å². The highest BCUT2D eigenvalue weighted by molar-refractivity contribution is 6.31. The molecule has 1 aromatic carbocycles. The third-order valence-corrected chi connectivity index (χ3v) is 8.60. The number of fused-ring (bicyclic) bond motifs is 2. The van der Waals surface area contributed by atoms with Gasteiger partial charge in [-0.25, -0.2) is 0 Å². The molecule has 4 heterocycles. The molecule has 10 nitrogen and oxygen atoms in total. The minimum Gasteiger partial charge on any atom is -0.485 e. The second kappa shape index (κ2) is 10.5. The van der Waals surface area contributed by atoms with Crippen molar-refractivity contribution in [2.24, 2.45) is 11.8 Å². The number of aliphatic carboxylic acids is 1. The molecule has 2 aromatic heterocycles. The molecule has 0 spiro atoms. The summed E-state index contributed by atoms with van der Waals surface area (Å²) in [5.74, 6) is -1.42. The molecule has 39 heavy (non-hydrogen) atoms. The zero-order valence-corrected chi connectivity index (χ0v) is 22.2. The number of halogens is 1. The van der Waals surface area contributed by atoms with Crippen molar-refractivity contribution in [1.29, 1.82) is 0 Å². The summed E-state index contributed by atoms with van der Waals surface area (Å²) in [7, 11) is 0. The molecule has 6 rings (SSSR count). The highest BCUT2D eigenvalue weighted by Gasteiger charge is 2.46. The van der Waals surface area contributed by atoms with Gasteiger partial charge in [0.2, 0.25) is 11.8 Å². The molecule has 11 heteroatoms. The van der Waals surface area contributed by atoms with Gasteiger partial charge in [0.05, 0.1) is 11.8 Å². The molecule has 1 N–H and O–H groups in total. The number of pyridine rings is 1. The summed E-state index contributed by atoms with van der Waals surface area (Å²) in [5, 5.41) is 18.9. The van der Waals surface area contributed by atoms with Crippen molar-refractivity contribution in [3.8, 4) is 5.75 Å². The first kappa shape index (κ1) is 25.6. The van der Waals surface area contributed by atoms with Crippen molar-refractivity contribution in [2.45, 2.75) is 57.7 Å². The number of nitrogens with zero attached hydrogens (tertiary/aromatic N) is 5. The fourth-order valence-electron chi connectivity index (χ4n) is 6.34. The molecule has 1 saturated heterocycles. The molecule has 3 atom stereocenters. The standard InChI is InChI=1S/C28H30ClN5O5/c29-20-10-11-21(39-16-23-31-30-22-8-3-4-13-32(22)23)25-19(20)12-15-34(26(25)33-14-5-9-24(33)35)27(36)17-6-1-2-7-18(17)28(37)38/h3-4,8,10-11,13,17-18,26H,1-2,5-7,9,12,14-16H2,(H,37,38). The van der Waals surface area contributed by atoms with E-state index in [0.717, 1.165) is 18.4 Å². The number of rotatable bonds is 6. The lowest BCUT2D eigenvalue weighted by atomic mass is 9.78. The van der Waals surface area contributed by atoms with E-state index in [9.17, 15) is 19.5 Å². The van der Waals surface area contributed by atoms with Gasteiger partial charge in [0.1, 0.15) is 18.5 Å². The molecule has 0 radical (unpaired) electrons. The second-order valence-electron chi connectivity index (χ2n) is 10.5. The van der Waals surface area contributed by atoms with Crippen LogP contribution in [0.15, 0.2) is 36.5 Å². The predicted molar refractivity (Wildman–Crippen MR) is 141 cm³/mol. The van der Waals surface area contributed by atoms with Crippen molar-refractivity contribution in [3.05, 3.63) is 58.5 Å². The minimum atomic E-state index is -0.938. The van der Waals surface area contributed by atoms with Crippen LogP contribution in [-0.4, -0.2) is 60.4 Å². The third-order valence-electron chi connectivity index (χ3n) is 8.25. The third kappa shape index (κ3) is 4.60. The van der Waals surface area contributed by atoms with Crippen molar-refractivity contribution >= 4 is 35.0 Å². The van der Waals surface area contributed by atoms with Gasteiger partial charge in [-0.15, -0.1) is 10.2 Å². The van der Waals surface area contributed by atoms with Gasteiger partial charge in [-0.05, 0) is 55.5 Å². The lowest BCUT2D eigenvalue weighted by molar-refractivity contribution is -0.157. The van der Waals surface area contributed by atoms with Crippen LogP contribution < -0.4 is 4.74 Å². The Morgan fingerprint density at radius 1 is 1.03 bits per heavy atom. The fraction of sp³-hybridized carbons (Fsp3) is 0.464. The number of amides is 2. The molecule has 1 aliphatic carbocycles. The Morgan fingerprint density at radius 3 is 2.62 bits per heavy atom. The Bertz CT molecular complexity index is 1440. The highest BCUT2D eigenvalue weighted by Crippen LogP contribution is 2.45. The number of carbonyl (C=O) groups is 3. The van der Waals surface area contributed by atoms with Gasteiger partial charge < -0.3 is 19.6 Å². The fourth-order valence-corrected chi connectivity index (χ4v) is 6.60. The number of benzene rings is 1. The van der Waals surface area contributed by atoms with Crippen LogP contribution in [0.25, 0.3) is 5.65 Å². The maximum atomic E-state index is 14.1. The van der Waals surface area contributed by atoms with Crippen molar-refractivity contribution < 1.29 is 24.2 Å². The van der Waals surface area contributed by atoms with Crippen LogP contribution >= 0.6 is 11.6 Å². The normalized spacial score (nSPS) is 23.2.